The topological polar surface area (TPSA) is 17.8 Å². The molecule has 0 fully saturated rings. The van der Waals surface area contributed by atoms with Crippen molar-refractivity contribution in [1.29, 1.82) is 0 Å². The average molecular weight is 134 g/mol. The fourth-order valence-electron chi connectivity index (χ4n) is 1.33. The van der Waals surface area contributed by atoms with E-state index in [4.69, 9.17) is 0 Å². The first kappa shape index (κ1) is 5.71. The highest BCUT2D eigenvalue weighted by Gasteiger charge is 2.07. The number of rotatable bonds is 0. The molecule has 0 N–H and O–H groups in total. The molecule has 1 heterocycles. The van der Waals surface area contributed by atoms with Crippen molar-refractivity contribution >= 4 is 6.08 Å². The Kier molecular flexibility index (Phi) is 1.13. The fraction of sp³-hybridized carbons (Fsp3) is 0.375. The van der Waals surface area contributed by atoms with Gasteiger partial charge in [0.25, 0.3) is 0 Å². The van der Waals surface area contributed by atoms with Gasteiger partial charge < -0.3 is 0 Å². The van der Waals surface area contributed by atoms with Crippen molar-refractivity contribution in [1.82, 2.24) is 9.78 Å². The summed E-state index contributed by atoms with van der Waals surface area (Å²) in [5.41, 5.74) is 2.65. The van der Waals surface area contributed by atoms with E-state index in [2.05, 4.69) is 17.3 Å². The number of fused-ring (bicyclic) bond motifs is 1. The van der Waals surface area contributed by atoms with Gasteiger partial charge in [0, 0.05) is 7.05 Å². The van der Waals surface area contributed by atoms with E-state index >= 15 is 0 Å². The van der Waals surface area contributed by atoms with Gasteiger partial charge in [0.2, 0.25) is 0 Å². The molecule has 1 aliphatic rings. The van der Waals surface area contributed by atoms with Crippen molar-refractivity contribution in [3.05, 3.63) is 23.5 Å². The van der Waals surface area contributed by atoms with Crippen molar-refractivity contribution in [2.45, 2.75) is 12.8 Å². The van der Waals surface area contributed by atoms with Crippen LogP contribution >= 0.6 is 0 Å². The molecule has 0 aromatic carbocycles. The number of aryl methyl sites for hydroxylation is 2. The van der Waals surface area contributed by atoms with E-state index in [1.54, 1.807) is 0 Å². The lowest BCUT2D eigenvalue weighted by atomic mass is 10.1. The lowest BCUT2D eigenvalue weighted by Gasteiger charge is -2.03. The molecule has 1 aliphatic carbocycles. The van der Waals surface area contributed by atoms with Crippen LogP contribution in [0.2, 0.25) is 0 Å². The zero-order valence-corrected chi connectivity index (χ0v) is 6.04. The quantitative estimate of drug-likeness (QED) is 0.524. The third-order valence-electron chi connectivity index (χ3n) is 1.92. The Morgan fingerprint density at radius 2 is 2.50 bits per heavy atom. The van der Waals surface area contributed by atoms with Crippen molar-refractivity contribution < 1.29 is 0 Å². The monoisotopic (exact) mass is 134 g/mol. The Morgan fingerprint density at radius 3 is 3.30 bits per heavy atom. The third kappa shape index (κ3) is 0.685. The van der Waals surface area contributed by atoms with Gasteiger partial charge in [-0.15, -0.1) is 0 Å². The zero-order chi connectivity index (χ0) is 6.97. The van der Waals surface area contributed by atoms with Gasteiger partial charge in [-0.3, -0.25) is 4.68 Å². The van der Waals surface area contributed by atoms with E-state index in [9.17, 15) is 0 Å². The minimum Gasteiger partial charge on any atom is -0.268 e. The Hall–Kier alpha value is -1.05. The Balaban J connectivity index is 2.57. The third-order valence-corrected chi connectivity index (χ3v) is 1.92. The van der Waals surface area contributed by atoms with Gasteiger partial charge in [-0.05, 0) is 24.5 Å². The predicted octanol–water partition coefficient (Wildman–Crippen LogP) is 1.38. The number of aromatic nitrogens is 2. The molecule has 1 aromatic rings. The highest BCUT2D eigenvalue weighted by Crippen LogP contribution is 2.16. The minimum absolute atomic E-state index is 1.15. The number of nitrogens with zero attached hydrogens (tertiary/aromatic N) is 2. The van der Waals surface area contributed by atoms with Crippen LogP contribution in [0.3, 0.4) is 0 Å². The zero-order valence-electron chi connectivity index (χ0n) is 6.04. The molecule has 0 spiro atoms. The van der Waals surface area contributed by atoms with Crippen LogP contribution in [0.25, 0.3) is 6.08 Å². The molecule has 2 nitrogen and oxygen atoms in total. The number of allylic oxidation sites excluding steroid dienone is 1. The Morgan fingerprint density at radius 1 is 1.60 bits per heavy atom. The molecule has 0 unspecified atom stereocenters. The Bertz CT molecular complexity index is 271. The normalized spacial score (nSPS) is 15.3. The van der Waals surface area contributed by atoms with Crippen LogP contribution in [0.15, 0.2) is 12.3 Å². The first-order valence-corrected chi connectivity index (χ1v) is 3.55. The molecule has 10 heavy (non-hydrogen) atoms. The van der Waals surface area contributed by atoms with Crippen molar-refractivity contribution in [2.75, 3.05) is 0 Å². The van der Waals surface area contributed by atoms with Crippen LogP contribution < -0.4 is 0 Å². The van der Waals surface area contributed by atoms with E-state index in [0.717, 1.165) is 6.42 Å². The minimum atomic E-state index is 1.15. The second-order valence-electron chi connectivity index (χ2n) is 2.62. The first-order valence-electron chi connectivity index (χ1n) is 3.55. The second kappa shape index (κ2) is 1.97. The Labute approximate surface area is 60.2 Å². The summed E-state index contributed by atoms with van der Waals surface area (Å²) < 4.78 is 1.92. The van der Waals surface area contributed by atoms with Gasteiger partial charge in [-0.2, -0.15) is 5.10 Å². The van der Waals surface area contributed by atoms with E-state index in [0.29, 0.717) is 0 Å². The molecule has 0 radical (unpaired) electrons. The molecular weight excluding hydrogens is 124 g/mol. The number of hydrogen-bond acceptors (Lipinski definition) is 1. The molecule has 0 amide bonds. The van der Waals surface area contributed by atoms with Gasteiger partial charge >= 0.3 is 0 Å². The van der Waals surface area contributed by atoms with Crippen molar-refractivity contribution in [3.63, 3.8) is 0 Å². The van der Waals surface area contributed by atoms with Crippen LogP contribution in [0, 0.1) is 0 Å². The fourth-order valence-corrected chi connectivity index (χ4v) is 1.33. The summed E-state index contributed by atoms with van der Waals surface area (Å²) in [7, 11) is 1.98. The van der Waals surface area contributed by atoms with Crippen LogP contribution in [-0.4, -0.2) is 9.78 Å². The molecule has 1 aromatic heterocycles. The summed E-state index contributed by atoms with van der Waals surface area (Å²) in [4.78, 5) is 0. The molecule has 52 valence electrons. The van der Waals surface area contributed by atoms with Crippen molar-refractivity contribution in [3.8, 4) is 0 Å². The van der Waals surface area contributed by atoms with Crippen molar-refractivity contribution in [2.24, 2.45) is 7.05 Å². The van der Waals surface area contributed by atoms with E-state index in [1.807, 2.05) is 17.9 Å². The van der Waals surface area contributed by atoms with Gasteiger partial charge in [0.1, 0.15) is 0 Å². The maximum absolute atomic E-state index is 4.16. The molecule has 0 bridgehead atoms. The van der Waals surface area contributed by atoms with E-state index in [1.165, 1.54) is 17.7 Å². The summed E-state index contributed by atoms with van der Waals surface area (Å²) in [6, 6.07) is 0. The van der Waals surface area contributed by atoms with Crippen LogP contribution in [0.5, 0.6) is 0 Å². The van der Waals surface area contributed by atoms with E-state index < -0.39 is 0 Å². The molecule has 2 heteroatoms. The van der Waals surface area contributed by atoms with Gasteiger partial charge in [-0.25, -0.2) is 0 Å². The summed E-state index contributed by atoms with van der Waals surface area (Å²) in [5, 5.41) is 4.16. The molecule has 0 saturated heterocycles. The van der Waals surface area contributed by atoms with Gasteiger partial charge in [0.15, 0.2) is 0 Å². The number of hydrogen-bond donors (Lipinski definition) is 0. The largest absolute Gasteiger partial charge is 0.268 e. The summed E-state index contributed by atoms with van der Waals surface area (Å²) in [5.74, 6) is 0. The van der Waals surface area contributed by atoms with Gasteiger partial charge in [0.05, 0.1) is 11.9 Å². The summed E-state index contributed by atoms with van der Waals surface area (Å²) in [6.07, 6.45) is 8.62. The van der Waals surface area contributed by atoms with Crippen LogP contribution in [0.4, 0.5) is 0 Å². The lowest BCUT2D eigenvalue weighted by molar-refractivity contribution is 0.756. The highest BCUT2D eigenvalue weighted by molar-refractivity contribution is 5.51. The molecule has 2 rings (SSSR count). The summed E-state index contributed by atoms with van der Waals surface area (Å²) in [6.45, 7) is 0. The lowest BCUT2D eigenvalue weighted by Crippen LogP contribution is -1.97. The maximum atomic E-state index is 4.16. The summed E-state index contributed by atoms with van der Waals surface area (Å²) >= 11 is 0. The molecular formula is C8H10N2. The molecule has 0 atom stereocenters. The highest BCUT2D eigenvalue weighted by atomic mass is 15.3. The first-order chi connectivity index (χ1) is 4.88. The molecule has 0 aliphatic heterocycles. The second-order valence-corrected chi connectivity index (χ2v) is 2.62. The van der Waals surface area contributed by atoms with Gasteiger partial charge in [-0.1, -0.05) is 6.08 Å². The average Bonchev–Trinajstić information content (AvgIpc) is 2.34. The van der Waals surface area contributed by atoms with Crippen LogP contribution in [-0.2, 0) is 13.5 Å². The predicted molar refractivity (Wildman–Crippen MR) is 40.6 cm³/mol. The smallest absolute Gasteiger partial charge is 0.0635 e. The van der Waals surface area contributed by atoms with E-state index in [-0.39, 0.29) is 0 Å². The maximum Gasteiger partial charge on any atom is 0.0635 e. The standard InChI is InChI=1S/C8H10N2/c1-10-8-5-3-2-4-7(8)6-9-10/h3,5-6H,2,4H2,1H3. The van der Waals surface area contributed by atoms with Crippen LogP contribution in [0.1, 0.15) is 17.7 Å². The molecule has 0 saturated carbocycles. The SMILES string of the molecule is Cn1ncc2c1C=CCC2.